The number of likely N-dealkylation sites (N-methyl/N-ethyl adjacent to an activating group) is 1. The van der Waals surface area contributed by atoms with Gasteiger partial charge >= 0.3 is 5.97 Å². The quantitative estimate of drug-likeness (QED) is 0.838. The number of hydrogen-bond acceptors (Lipinski definition) is 3. The Bertz CT molecular complexity index is 755. The summed E-state index contributed by atoms with van der Waals surface area (Å²) in [5.74, 6) is -0.287. The van der Waals surface area contributed by atoms with Crippen LogP contribution in [0.2, 0.25) is 0 Å². The fourth-order valence-corrected chi connectivity index (χ4v) is 2.48. The van der Waals surface area contributed by atoms with Gasteiger partial charge in [0.25, 0.3) is 0 Å². The second kappa shape index (κ2) is 8.33. The molecule has 0 atom stereocenters. The van der Waals surface area contributed by atoms with Crippen molar-refractivity contribution in [3.05, 3.63) is 65.2 Å². The Hall–Kier alpha value is -2.82. The number of carbonyl (C=O) groups is 2. The third kappa shape index (κ3) is 5.64. The molecule has 0 unspecified atom stereocenters. The average molecular weight is 341 g/mol. The van der Waals surface area contributed by atoms with Gasteiger partial charge in [0.15, 0.2) is 0 Å². The number of carboxylic acid groups (broad SMARTS) is 1. The van der Waals surface area contributed by atoms with E-state index in [1.807, 2.05) is 38.1 Å². The van der Waals surface area contributed by atoms with E-state index in [1.165, 1.54) is 12.1 Å². The fraction of sp³-hybridized carbons (Fsp3) is 0.300. The molecular weight excluding hydrogens is 318 g/mol. The highest BCUT2D eigenvalue weighted by molar-refractivity contribution is 5.88. The van der Waals surface area contributed by atoms with Crippen LogP contribution in [0.15, 0.2) is 48.5 Å². The lowest BCUT2D eigenvalue weighted by atomic mass is 10.1. The topological polar surface area (TPSA) is 66.8 Å². The zero-order valence-electron chi connectivity index (χ0n) is 14.7. The summed E-state index contributed by atoms with van der Waals surface area (Å²) >= 11 is 0. The van der Waals surface area contributed by atoms with E-state index in [9.17, 15) is 9.59 Å². The van der Waals surface area contributed by atoms with Gasteiger partial charge in [0, 0.05) is 13.6 Å². The van der Waals surface area contributed by atoms with Crippen molar-refractivity contribution in [3.63, 3.8) is 0 Å². The van der Waals surface area contributed by atoms with Crippen molar-refractivity contribution in [2.45, 2.75) is 32.9 Å². The molecule has 0 aliphatic carbocycles. The molecule has 25 heavy (non-hydrogen) atoms. The van der Waals surface area contributed by atoms with E-state index < -0.39 is 5.97 Å². The standard InChI is InChI=1S/C20H23NO4/c1-14(2)25-18-9-5-7-16(11-18)13-21(3)19(22)12-15-6-4-8-17(10-15)20(23)24/h4-11,14H,12-13H2,1-3H3,(H,23,24). The number of aromatic carboxylic acids is 1. The average Bonchev–Trinajstić information content (AvgIpc) is 2.54. The highest BCUT2D eigenvalue weighted by Crippen LogP contribution is 2.16. The Morgan fingerprint density at radius 1 is 1.08 bits per heavy atom. The van der Waals surface area contributed by atoms with Gasteiger partial charge in [-0.1, -0.05) is 24.3 Å². The van der Waals surface area contributed by atoms with Crippen LogP contribution in [0.5, 0.6) is 5.75 Å². The van der Waals surface area contributed by atoms with Gasteiger partial charge in [0.05, 0.1) is 18.1 Å². The van der Waals surface area contributed by atoms with E-state index in [0.717, 1.165) is 11.3 Å². The highest BCUT2D eigenvalue weighted by atomic mass is 16.5. The SMILES string of the molecule is CC(C)Oc1cccc(CN(C)C(=O)Cc2cccc(C(=O)O)c2)c1. The van der Waals surface area contributed by atoms with Crippen LogP contribution in [-0.2, 0) is 17.8 Å². The lowest BCUT2D eigenvalue weighted by Crippen LogP contribution is -2.27. The number of hydrogen-bond donors (Lipinski definition) is 1. The van der Waals surface area contributed by atoms with Crippen molar-refractivity contribution in [2.75, 3.05) is 7.05 Å². The lowest BCUT2D eigenvalue weighted by molar-refractivity contribution is -0.129. The van der Waals surface area contributed by atoms with Crippen LogP contribution in [0.25, 0.3) is 0 Å². The van der Waals surface area contributed by atoms with Crippen molar-refractivity contribution in [1.82, 2.24) is 4.90 Å². The smallest absolute Gasteiger partial charge is 0.335 e. The molecule has 0 radical (unpaired) electrons. The third-order valence-electron chi connectivity index (χ3n) is 3.65. The first-order chi connectivity index (χ1) is 11.8. The summed E-state index contributed by atoms with van der Waals surface area (Å²) in [6, 6.07) is 14.1. The lowest BCUT2D eigenvalue weighted by Gasteiger charge is -2.18. The van der Waals surface area contributed by atoms with E-state index in [-0.39, 0.29) is 24.0 Å². The zero-order chi connectivity index (χ0) is 18.4. The minimum atomic E-state index is -0.996. The molecule has 0 saturated carbocycles. The third-order valence-corrected chi connectivity index (χ3v) is 3.65. The Labute approximate surface area is 147 Å². The zero-order valence-corrected chi connectivity index (χ0v) is 14.7. The Morgan fingerprint density at radius 3 is 2.44 bits per heavy atom. The summed E-state index contributed by atoms with van der Waals surface area (Å²) in [5.41, 5.74) is 1.86. The molecule has 2 aromatic carbocycles. The molecule has 2 aromatic rings. The molecule has 0 aliphatic rings. The maximum absolute atomic E-state index is 12.4. The minimum Gasteiger partial charge on any atom is -0.491 e. The highest BCUT2D eigenvalue weighted by Gasteiger charge is 2.12. The first kappa shape index (κ1) is 18.5. The largest absolute Gasteiger partial charge is 0.491 e. The predicted molar refractivity (Wildman–Crippen MR) is 95.8 cm³/mol. The van der Waals surface area contributed by atoms with Crippen molar-refractivity contribution >= 4 is 11.9 Å². The maximum atomic E-state index is 12.4. The van der Waals surface area contributed by atoms with E-state index in [1.54, 1.807) is 24.1 Å². The number of benzene rings is 2. The number of ether oxygens (including phenoxy) is 1. The second-order valence-corrected chi connectivity index (χ2v) is 6.25. The van der Waals surface area contributed by atoms with Crippen LogP contribution in [0.1, 0.15) is 35.3 Å². The van der Waals surface area contributed by atoms with Gasteiger partial charge in [0.1, 0.15) is 5.75 Å². The van der Waals surface area contributed by atoms with Crippen molar-refractivity contribution in [1.29, 1.82) is 0 Å². The molecule has 0 fully saturated rings. The summed E-state index contributed by atoms with van der Waals surface area (Å²) in [6.45, 7) is 4.40. The number of rotatable bonds is 7. The van der Waals surface area contributed by atoms with Gasteiger partial charge < -0.3 is 14.7 Å². The minimum absolute atomic E-state index is 0.0716. The molecule has 0 aliphatic heterocycles. The van der Waals surface area contributed by atoms with Gasteiger partial charge in [0.2, 0.25) is 5.91 Å². The predicted octanol–water partition coefficient (Wildman–Crippen LogP) is 3.37. The molecule has 0 saturated heterocycles. The second-order valence-electron chi connectivity index (χ2n) is 6.25. The number of carboxylic acids is 1. The first-order valence-electron chi connectivity index (χ1n) is 8.17. The van der Waals surface area contributed by atoms with Crippen LogP contribution in [0.3, 0.4) is 0 Å². The summed E-state index contributed by atoms with van der Waals surface area (Å²) < 4.78 is 5.67. The van der Waals surface area contributed by atoms with Gasteiger partial charge in [-0.25, -0.2) is 4.79 Å². The Balaban J connectivity index is 2.01. The summed E-state index contributed by atoms with van der Waals surface area (Å²) in [5, 5.41) is 9.03. The summed E-state index contributed by atoms with van der Waals surface area (Å²) in [4.78, 5) is 25.0. The fourth-order valence-electron chi connectivity index (χ4n) is 2.48. The van der Waals surface area contributed by atoms with Crippen LogP contribution in [0.4, 0.5) is 0 Å². The molecule has 0 bridgehead atoms. The normalized spacial score (nSPS) is 10.6. The summed E-state index contributed by atoms with van der Waals surface area (Å²) in [7, 11) is 1.74. The molecule has 0 heterocycles. The summed E-state index contributed by atoms with van der Waals surface area (Å²) in [6.07, 6.45) is 0.260. The monoisotopic (exact) mass is 341 g/mol. The van der Waals surface area contributed by atoms with Gasteiger partial charge in [-0.15, -0.1) is 0 Å². The van der Waals surface area contributed by atoms with E-state index in [0.29, 0.717) is 12.1 Å². The number of carbonyl (C=O) groups excluding carboxylic acids is 1. The van der Waals surface area contributed by atoms with Crippen molar-refractivity contribution < 1.29 is 19.4 Å². The van der Waals surface area contributed by atoms with E-state index in [2.05, 4.69) is 0 Å². The molecule has 5 nitrogen and oxygen atoms in total. The first-order valence-corrected chi connectivity index (χ1v) is 8.17. The molecule has 1 N–H and O–H groups in total. The Kier molecular flexibility index (Phi) is 6.17. The van der Waals surface area contributed by atoms with E-state index >= 15 is 0 Å². The van der Waals surface area contributed by atoms with E-state index in [4.69, 9.17) is 9.84 Å². The van der Waals surface area contributed by atoms with Gasteiger partial charge in [-0.05, 0) is 49.2 Å². The maximum Gasteiger partial charge on any atom is 0.335 e. The van der Waals surface area contributed by atoms with Crippen molar-refractivity contribution in [2.24, 2.45) is 0 Å². The molecular formula is C20H23NO4. The van der Waals surface area contributed by atoms with Crippen LogP contribution in [-0.4, -0.2) is 35.0 Å². The molecule has 0 spiro atoms. The molecule has 132 valence electrons. The van der Waals surface area contributed by atoms with Crippen LogP contribution in [0, 0.1) is 0 Å². The molecule has 0 aromatic heterocycles. The molecule has 2 rings (SSSR count). The molecule has 1 amide bonds. The number of amides is 1. The number of nitrogens with zero attached hydrogens (tertiary/aromatic N) is 1. The van der Waals surface area contributed by atoms with Gasteiger partial charge in [-0.3, -0.25) is 4.79 Å². The van der Waals surface area contributed by atoms with Crippen molar-refractivity contribution in [3.8, 4) is 5.75 Å². The van der Waals surface area contributed by atoms with Crippen LogP contribution < -0.4 is 4.74 Å². The van der Waals surface area contributed by atoms with Crippen LogP contribution >= 0.6 is 0 Å². The molecule has 5 heteroatoms. The van der Waals surface area contributed by atoms with Gasteiger partial charge in [-0.2, -0.15) is 0 Å². The Morgan fingerprint density at radius 2 is 1.76 bits per heavy atom.